The molecule has 8 heteroatoms. The van der Waals surface area contributed by atoms with E-state index in [9.17, 15) is 9.70 Å². The van der Waals surface area contributed by atoms with E-state index in [0.717, 1.165) is 0 Å². The minimum absolute atomic E-state index is 0.0623. The molecule has 1 aromatic heterocycles. The molecule has 86 valence electrons. The molecule has 16 heavy (non-hydrogen) atoms. The minimum Gasteiger partial charge on any atom is -0.479 e. The van der Waals surface area contributed by atoms with Gasteiger partial charge in [0.25, 0.3) is 0 Å². The number of nitrogens with one attached hydrogen (secondary N) is 1. The van der Waals surface area contributed by atoms with Crippen LogP contribution in [0.2, 0.25) is 0 Å². The fourth-order valence-corrected chi connectivity index (χ4v) is 1.18. The maximum absolute atomic E-state index is 11.0. The van der Waals surface area contributed by atoms with Gasteiger partial charge in [0.05, 0.1) is 6.54 Å². The Morgan fingerprint density at radius 3 is 2.69 bits per heavy atom. The molecule has 1 unspecified atom stereocenters. The lowest BCUT2D eigenvalue weighted by molar-refractivity contribution is -0.139. The Labute approximate surface area is 96.7 Å². The van der Waals surface area contributed by atoms with Gasteiger partial charge < -0.3 is 10.4 Å². The predicted octanol–water partition coefficient (Wildman–Crippen LogP) is 0.756. The number of hydrogen-bond donors (Lipinski definition) is 3. The largest absolute Gasteiger partial charge is 0.479 e. The van der Waals surface area contributed by atoms with E-state index in [2.05, 4.69) is 33.1 Å². The highest BCUT2D eigenvalue weighted by molar-refractivity contribution is 7.82. The first-order valence-electron chi connectivity index (χ1n) is 4.38. The van der Waals surface area contributed by atoms with Gasteiger partial charge in [0.15, 0.2) is 4.87 Å². The molecule has 0 aliphatic carbocycles. The van der Waals surface area contributed by atoms with E-state index in [0.29, 0.717) is 0 Å². The van der Waals surface area contributed by atoms with Crippen molar-refractivity contribution in [2.45, 2.75) is 11.3 Å². The number of aromatic nitrogens is 2. The first-order chi connectivity index (χ1) is 7.58. The highest BCUT2D eigenvalue weighted by atomic mass is 32.1. The summed E-state index contributed by atoms with van der Waals surface area (Å²) in [7, 11) is 0. The Morgan fingerprint density at radius 2 is 2.19 bits per heavy atom. The molecule has 0 saturated heterocycles. The molecule has 1 atom stereocenters. The molecule has 0 spiro atoms. The molecule has 0 fully saturated rings. The van der Waals surface area contributed by atoms with Crippen LogP contribution in [0.25, 0.3) is 0 Å². The number of aliphatic carboxylic acids is 1. The number of hydrogen-bond acceptors (Lipinski definition) is 7. The zero-order valence-corrected chi connectivity index (χ0v) is 9.09. The molecule has 0 aliphatic rings. The van der Waals surface area contributed by atoms with Crippen molar-refractivity contribution >= 4 is 24.5 Å². The number of thiol groups is 1. The zero-order valence-electron chi connectivity index (χ0n) is 8.20. The van der Waals surface area contributed by atoms with Crippen molar-refractivity contribution in [1.29, 1.82) is 0 Å². The first-order valence-corrected chi connectivity index (χ1v) is 4.83. The fourth-order valence-electron chi connectivity index (χ4n) is 0.979. The van der Waals surface area contributed by atoms with E-state index in [4.69, 9.17) is 5.11 Å². The molecule has 1 aromatic rings. The van der Waals surface area contributed by atoms with Crippen molar-refractivity contribution in [3.8, 4) is 0 Å². The fraction of sp³-hybridized carbons (Fsp3) is 0.375. The number of nitrogens with zero attached hydrogens (tertiary/aromatic N) is 3. The number of rotatable bonds is 6. The topological polar surface area (TPSA) is 105 Å². The standard InChI is InChI=1S/C8H10N4O3S/c13-6(14)8(16,2-5-11-15)12-7-9-3-1-4-10-7/h1,3-4,16H,2,5H2,(H,13,14)(H,9,10,12). The Hall–Kier alpha value is -1.70. The monoisotopic (exact) mass is 242 g/mol. The minimum atomic E-state index is -1.60. The van der Waals surface area contributed by atoms with Crippen LogP contribution in [-0.4, -0.2) is 32.5 Å². The van der Waals surface area contributed by atoms with Crippen LogP contribution in [0.5, 0.6) is 0 Å². The van der Waals surface area contributed by atoms with Gasteiger partial charge in [-0.1, -0.05) is 5.18 Å². The molecular weight excluding hydrogens is 232 g/mol. The van der Waals surface area contributed by atoms with Gasteiger partial charge in [-0.25, -0.2) is 14.8 Å². The van der Waals surface area contributed by atoms with Crippen LogP contribution in [0.1, 0.15) is 6.42 Å². The Balaban J connectivity index is 2.79. The van der Waals surface area contributed by atoms with Crippen molar-refractivity contribution in [2.24, 2.45) is 5.18 Å². The van der Waals surface area contributed by atoms with E-state index in [1.807, 2.05) is 0 Å². The molecule has 0 amide bonds. The van der Waals surface area contributed by atoms with E-state index < -0.39 is 10.8 Å². The first kappa shape index (κ1) is 12.4. The summed E-state index contributed by atoms with van der Waals surface area (Å²) >= 11 is 3.97. The lowest BCUT2D eigenvalue weighted by Crippen LogP contribution is -2.42. The molecule has 0 saturated carbocycles. The van der Waals surface area contributed by atoms with Crippen molar-refractivity contribution in [3.05, 3.63) is 23.4 Å². The summed E-state index contributed by atoms with van der Waals surface area (Å²) in [6.07, 6.45) is 2.86. The van der Waals surface area contributed by atoms with Gasteiger partial charge in [0.2, 0.25) is 5.95 Å². The Kier molecular flexibility index (Phi) is 4.18. The van der Waals surface area contributed by atoms with Gasteiger partial charge in [-0.3, -0.25) is 0 Å². The molecule has 0 aromatic carbocycles. The molecule has 1 heterocycles. The van der Waals surface area contributed by atoms with Crippen LogP contribution in [0.4, 0.5) is 5.95 Å². The number of carboxylic acid groups (broad SMARTS) is 1. The second-order valence-corrected chi connectivity index (χ2v) is 3.73. The quantitative estimate of drug-likeness (QED) is 0.386. The average Bonchev–Trinajstić information content (AvgIpc) is 2.27. The molecule has 0 radical (unpaired) electrons. The van der Waals surface area contributed by atoms with Crippen molar-refractivity contribution < 1.29 is 9.90 Å². The van der Waals surface area contributed by atoms with Crippen LogP contribution < -0.4 is 5.32 Å². The van der Waals surface area contributed by atoms with E-state index in [-0.39, 0.29) is 18.9 Å². The Bertz CT molecular complexity index is 375. The summed E-state index contributed by atoms with van der Waals surface area (Å²) in [5.74, 6) is -1.09. The zero-order chi connectivity index (χ0) is 12.0. The third-order valence-corrected chi connectivity index (χ3v) is 2.33. The SMILES string of the molecule is O=NCCC(S)(Nc1ncccn1)C(=O)O. The van der Waals surface area contributed by atoms with Gasteiger partial charge in [-0.05, 0) is 6.07 Å². The maximum Gasteiger partial charge on any atom is 0.339 e. The maximum atomic E-state index is 11.0. The van der Waals surface area contributed by atoms with E-state index in [1.54, 1.807) is 6.07 Å². The van der Waals surface area contributed by atoms with Gasteiger partial charge in [-0.2, -0.15) is 4.91 Å². The van der Waals surface area contributed by atoms with Crippen LogP contribution in [0.3, 0.4) is 0 Å². The normalized spacial score (nSPS) is 13.8. The van der Waals surface area contributed by atoms with Crippen molar-refractivity contribution in [3.63, 3.8) is 0 Å². The van der Waals surface area contributed by atoms with Gasteiger partial charge in [0, 0.05) is 18.8 Å². The highest BCUT2D eigenvalue weighted by Crippen LogP contribution is 2.20. The molecular formula is C8H10N4O3S. The molecule has 0 aliphatic heterocycles. The summed E-state index contributed by atoms with van der Waals surface area (Å²) in [5.41, 5.74) is 0. The summed E-state index contributed by atoms with van der Waals surface area (Å²) in [4.78, 5) is 27.0. The van der Waals surface area contributed by atoms with Crippen LogP contribution in [0, 0.1) is 4.91 Å². The number of carboxylic acids is 1. The summed E-state index contributed by atoms with van der Waals surface area (Å²) in [6, 6.07) is 1.60. The number of carbonyl (C=O) groups is 1. The number of anilines is 1. The smallest absolute Gasteiger partial charge is 0.339 e. The van der Waals surface area contributed by atoms with Crippen LogP contribution in [-0.2, 0) is 4.79 Å². The number of nitroso groups, excluding NO2 is 1. The summed E-state index contributed by atoms with van der Waals surface area (Å²) in [5, 5.41) is 14.1. The lowest BCUT2D eigenvalue weighted by Gasteiger charge is -2.23. The van der Waals surface area contributed by atoms with Gasteiger partial charge in [0.1, 0.15) is 0 Å². The molecule has 2 N–H and O–H groups in total. The molecule has 1 rings (SSSR count). The third-order valence-electron chi connectivity index (χ3n) is 1.80. The highest BCUT2D eigenvalue weighted by Gasteiger charge is 2.35. The summed E-state index contributed by atoms with van der Waals surface area (Å²) in [6.45, 7) is -0.157. The van der Waals surface area contributed by atoms with Crippen molar-refractivity contribution in [1.82, 2.24) is 9.97 Å². The average molecular weight is 242 g/mol. The summed E-state index contributed by atoms with van der Waals surface area (Å²) < 4.78 is 0. The van der Waals surface area contributed by atoms with Crippen LogP contribution >= 0.6 is 12.6 Å². The van der Waals surface area contributed by atoms with Gasteiger partial charge in [-0.15, -0.1) is 12.6 Å². The second-order valence-electron chi connectivity index (χ2n) is 2.97. The van der Waals surface area contributed by atoms with Crippen molar-refractivity contribution in [2.75, 3.05) is 11.9 Å². The predicted molar refractivity (Wildman–Crippen MR) is 60.3 cm³/mol. The third kappa shape index (κ3) is 3.16. The second kappa shape index (κ2) is 5.40. The molecule has 0 bridgehead atoms. The molecule has 7 nitrogen and oxygen atoms in total. The van der Waals surface area contributed by atoms with Gasteiger partial charge >= 0.3 is 5.97 Å². The van der Waals surface area contributed by atoms with E-state index >= 15 is 0 Å². The lowest BCUT2D eigenvalue weighted by atomic mass is 10.2. The Morgan fingerprint density at radius 1 is 1.56 bits per heavy atom. The van der Waals surface area contributed by atoms with Crippen LogP contribution in [0.15, 0.2) is 23.6 Å². The van der Waals surface area contributed by atoms with E-state index in [1.165, 1.54) is 12.4 Å².